The van der Waals surface area contributed by atoms with Crippen LogP contribution in [0.3, 0.4) is 0 Å². The number of nitrogens with one attached hydrogen (secondary N) is 1. The van der Waals surface area contributed by atoms with Gasteiger partial charge < -0.3 is 19.9 Å². The highest BCUT2D eigenvalue weighted by molar-refractivity contribution is 7.20. The summed E-state index contributed by atoms with van der Waals surface area (Å²) in [5, 5.41) is 3.46. The number of likely N-dealkylation sites (tertiary alicyclic amines) is 1. The van der Waals surface area contributed by atoms with Gasteiger partial charge in [0.05, 0.1) is 0 Å². The summed E-state index contributed by atoms with van der Waals surface area (Å²) in [5.41, 5.74) is 2.59. The molecule has 35 heavy (non-hydrogen) atoms. The maximum Gasteiger partial charge on any atom is 0.280 e. The van der Waals surface area contributed by atoms with Crippen LogP contribution in [0.1, 0.15) is 53.4 Å². The lowest BCUT2D eigenvalue weighted by Gasteiger charge is -2.22. The lowest BCUT2D eigenvalue weighted by Crippen LogP contribution is -2.38. The number of thiazole rings is 1. The molecule has 0 bridgehead atoms. The average Bonchev–Trinajstić information content (AvgIpc) is 3.61. The molecule has 6 rings (SSSR count). The predicted molar refractivity (Wildman–Crippen MR) is 133 cm³/mol. The number of hydrogen-bond donors (Lipinski definition) is 1. The zero-order valence-electron chi connectivity index (χ0n) is 19.6. The lowest BCUT2D eigenvalue weighted by atomic mass is 9.97. The van der Waals surface area contributed by atoms with Gasteiger partial charge >= 0.3 is 0 Å². The third kappa shape index (κ3) is 4.62. The van der Waals surface area contributed by atoms with E-state index < -0.39 is 0 Å². The van der Waals surface area contributed by atoms with Gasteiger partial charge in [0.2, 0.25) is 0 Å². The first-order valence-electron chi connectivity index (χ1n) is 12.5. The third-order valence-corrected chi connectivity index (χ3v) is 8.26. The van der Waals surface area contributed by atoms with E-state index in [9.17, 15) is 9.18 Å². The van der Waals surface area contributed by atoms with Gasteiger partial charge in [0.1, 0.15) is 22.5 Å². The second-order valence-electron chi connectivity index (χ2n) is 9.58. The van der Waals surface area contributed by atoms with Crippen molar-refractivity contribution in [1.29, 1.82) is 0 Å². The van der Waals surface area contributed by atoms with Crippen molar-refractivity contribution in [2.45, 2.75) is 44.1 Å². The molecule has 184 valence electrons. The van der Waals surface area contributed by atoms with Gasteiger partial charge in [0.25, 0.3) is 5.91 Å². The SMILES string of the molecule is O=C(NC1CCOCC1)c1nc2c(N3CC(CCN4CCCC4)c4cc(F)ccc43)ncnc2s1. The molecule has 3 aliphatic rings. The molecule has 2 fully saturated rings. The number of nitrogens with zero attached hydrogens (tertiary/aromatic N) is 5. The van der Waals surface area contributed by atoms with Crippen molar-refractivity contribution in [3.63, 3.8) is 0 Å². The van der Waals surface area contributed by atoms with Crippen LogP contribution in [0.25, 0.3) is 10.3 Å². The van der Waals surface area contributed by atoms with Crippen molar-refractivity contribution >= 4 is 39.1 Å². The summed E-state index contributed by atoms with van der Waals surface area (Å²) in [6.45, 7) is 5.34. The van der Waals surface area contributed by atoms with E-state index in [4.69, 9.17) is 4.74 Å². The van der Waals surface area contributed by atoms with E-state index in [1.54, 1.807) is 6.07 Å². The first-order valence-corrected chi connectivity index (χ1v) is 13.3. The minimum atomic E-state index is -0.217. The van der Waals surface area contributed by atoms with Crippen molar-refractivity contribution < 1.29 is 13.9 Å². The largest absolute Gasteiger partial charge is 0.381 e. The molecule has 0 spiro atoms. The molecule has 10 heteroatoms. The summed E-state index contributed by atoms with van der Waals surface area (Å²) in [5.74, 6) is 0.484. The first kappa shape index (κ1) is 22.8. The van der Waals surface area contributed by atoms with E-state index in [-0.39, 0.29) is 23.7 Å². The van der Waals surface area contributed by atoms with E-state index >= 15 is 0 Å². The van der Waals surface area contributed by atoms with Crippen molar-refractivity contribution in [2.75, 3.05) is 44.3 Å². The van der Waals surface area contributed by atoms with Crippen molar-refractivity contribution in [2.24, 2.45) is 0 Å². The molecule has 2 saturated heterocycles. The summed E-state index contributed by atoms with van der Waals surface area (Å²) in [4.78, 5) is 31.8. The van der Waals surface area contributed by atoms with Gasteiger partial charge in [-0.25, -0.2) is 19.3 Å². The van der Waals surface area contributed by atoms with Crippen LogP contribution in [-0.2, 0) is 4.74 Å². The molecule has 3 aliphatic heterocycles. The Morgan fingerprint density at radius 2 is 2.03 bits per heavy atom. The normalized spacial score (nSPS) is 21.1. The molecule has 1 N–H and O–H groups in total. The molecule has 0 aliphatic carbocycles. The number of hydrogen-bond acceptors (Lipinski definition) is 8. The Balaban J connectivity index is 1.27. The predicted octanol–water partition coefficient (Wildman–Crippen LogP) is 3.86. The number of benzene rings is 1. The van der Waals surface area contributed by atoms with Gasteiger partial charge in [-0.3, -0.25) is 4.79 Å². The second-order valence-corrected chi connectivity index (χ2v) is 10.6. The number of rotatable bonds is 6. The number of carbonyl (C=O) groups is 1. The minimum Gasteiger partial charge on any atom is -0.381 e. The van der Waals surface area contributed by atoms with Gasteiger partial charge in [-0.1, -0.05) is 11.3 Å². The van der Waals surface area contributed by atoms with E-state index in [0.29, 0.717) is 40.9 Å². The summed E-state index contributed by atoms with van der Waals surface area (Å²) < 4.78 is 19.6. The summed E-state index contributed by atoms with van der Waals surface area (Å²) in [7, 11) is 0. The average molecular weight is 497 g/mol. The first-order chi connectivity index (χ1) is 17.2. The van der Waals surface area contributed by atoms with E-state index in [1.807, 2.05) is 6.07 Å². The highest BCUT2D eigenvalue weighted by atomic mass is 32.1. The number of anilines is 2. The molecule has 1 atom stereocenters. The van der Waals surface area contributed by atoms with Crippen LogP contribution in [-0.4, -0.2) is 71.2 Å². The summed E-state index contributed by atoms with van der Waals surface area (Å²) in [6.07, 6.45) is 6.63. The van der Waals surface area contributed by atoms with Crippen LogP contribution < -0.4 is 10.2 Å². The van der Waals surface area contributed by atoms with Crippen molar-refractivity contribution in [3.8, 4) is 0 Å². The zero-order valence-corrected chi connectivity index (χ0v) is 20.4. The fraction of sp³-hybridized carbons (Fsp3) is 0.520. The summed E-state index contributed by atoms with van der Waals surface area (Å²) >= 11 is 1.28. The number of fused-ring (bicyclic) bond motifs is 2. The maximum atomic E-state index is 14.2. The number of carbonyl (C=O) groups excluding carboxylic acids is 1. The Bertz CT molecular complexity index is 1220. The van der Waals surface area contributed by atoms with Crippen molar-refractivity contribution in [3.05, 3.63) is 40.9 Å². The van der Waals surface area contributed by atoms with E-state index in [1.165, 1.54) is 36.6 Å². The Kier molecular flexibility index (Phi) is 6.34. The molecule has 1 amide bonds. The minimum absolute atomic E-state index is 0.102. The monoisotopic (exact) mass is 496 g/mol. The molecule has 1 aromatic carbocycles. The van der Waals surface area contributed by atoms with Gasteiger partial charge in [-0.05, 0) is 75.5 Å². The van der Waals surface area contributed by atoms with Gasteiger partial charge in [0.15, 0.2) is 10.8 Å². The van der Waals surface area contributed by atoms with Gasteiger partial charge in [0, 0.05) is 37.4 Å². The topological polar surface area (TPSA) is 83.5 Å². The number of amides is 1. The summed E-state index contributed by atoms with van der Waals surface area (Å²) in [6, 6.07) is 5.10. The van der Waals surface area contributed by atoms with Crippen LogP contribution in [0.5, 0.6) is 0 Å². The van der Waals surface area contributed by atoms with E-state index in [2.05, 4.69) is 30.1 Å². The highest BCUT2D eigenvalue weighted by Gasteiger charge is 2.33. The molecule has 1 unspecified atom stereocenters. The highest BCUT2D eigenvalue weighted by Crippen LogP contribution is 2.44. The molecule has 0 saturated carbocycles. The Morgan fingerprint density at radius 1 is 1.20 bits per heavy atom. The van der Waals surface area contributed by atoms with Gasteiger partial charge in [-0.2, -0.15) is 0 Å². The molecule has 5 heterocycles. The molecule has 2 aromatic heterocycles. The number of halogens is 1. The molecular weight excluding hydrogens is 467 g/mol. The molecule has 3 aromatic rings. The molecular formula is C25H29FN6O2S. The molecule has 0 radical (unpaired) electrons. The standard InChI is InChI=1S/C25H29FN6O2S/c26-17-3-4-20-19(13-17)16(5-10-31-8-1-2-9-31)14-32(20)22-21-24(28-15-27-22)35-25(30-21)23(33)29-18-6-11-34-12-7-18/h3-4,13,15-16,18H,1-2,5-12,14H2,(H,29,33). The lowest BCUT2D eigenvalue weighted by molar-refractivity contribution is 0.0696. The van der Waals surface area contributed by atoms with Crippen LogP contribution in [0, 0.1) is 5.82 Å². The zero-order chi connectivity index (χ0) is 23.8. The van der Waals surface area contributed by atoms with Crippen LogP contribution >= 0.6 is 11.3 Å². The number of aromatic nitrogens is 3. The van der Waals surface area contributed by atoms with Crippen molar-refractivity contribution in [1.82, 2.24) is 25.2 Å². The maximum absolute atomic E-state index is 14.2. The third-order valence-electron chi connectivity index (χ3n) is 7.30. The fourth-order valence-electron chi connectivity index (χ4n) is 5.43. The number of ether oxygens (including phenoxy) is 1. The van der Waals surface area contributed by atoms with Crippen LogP contribution in [0.4, 0.5) is 15.9 Å². The van der Waals surface area contributed by atoms with E-state index in [0.717, 1.165) is 50.1 Å². The second kappa shape index (κ2) is 9.75. The van der Waals surface area contributed by atoms with Gasteiger partial charge in [-0.15, -0.1) is 0 Å². The smallest absolute Gasteiger partial charge is 0.280 e. The van der Waals surface area contributed by atoms with Crippen LogP contribution in [0.15, 0.2) is 24.5 Å². The quantitative estimate of drug-likeness (QED) is 0.555. The molecule has 8 nitrogen and oxygen atoms in total. The Hall–Kier alpha value is -2.69. The Morgan fingerprint density at radius 3 is 2.86 bits per heavy atom. The van der Waals surface area contributed by atoms with Crippen LogP contribution in [0.2, 0.25) is 0 Å². The Labute approximate surface area is 207 Å². The fourth-order valence-corrected chi connectivity index (χ4v) is 6.24.